The van der Waals surface area contributed by atoms with E-state index >= 15 is 0 Å². The van der Waals surface area contributed by atoms with Crippen molar-refractivity contribution in [1.29, 1.82) is 0 Å². The van der Waals surface area contributed by atoms with Crippen molar-refractivity contribution >= 4 is 34.8 Å². The van der Waals surface area contributed by atoms with Gasteiger partial charge in [-0.1, -0.05) is 23.2 Å². The third-order valence-electron chi connectivity index (χ3n) is 4.72. The first-order valence-electron chi connectivity index (χ1n) is 7.92. The number of nitrogens with zero attached hydrogens (tertiary/aromatic N) is 5. The van der Waals surface area contributed by atoms with Gasteiger partial charge < -0.3 is 0 Å². The lowest BCUT2D eigenvalue weighted by Crippen LogP contribution is -2.33. The molecule has 2 atom stereocenters. The summed E-state index contributed by atoms with van der Waals surface area (Å²) >= 11 is 12.8. The topological polar surface area (TPSA) is 55.5 Å². The van der Waals surface area contributed by atoms with E-state index in [1.54, 1.807) is 10.6 Å². The van der Waals surface area contributed by atoms with Crippen molar-refractivity contribution in [3.05, 3.63) is 40.5 Å². The predicted molar refractivity (Wildman–Crippen MR) is 91.2 cm³/mol. The van der Waals surface area contributed by atoms with E-state index in [4.69, 9.17) is 28.0 Å². The quantitative estimate of drug-likeness (QED) is 0.631. The van der Waals surface area contributed by atoms with Crippen molar-refractivity contribution < 1.29 is 9.23 Å². The Balaban J connectivity index is 1.80. The van der Waals surface area contributed by atoms with Gasteiger partial charge in [-0.05, 0) is 37.5 Å². The second-order valence-electron chi connectivity index (χ2n) is 6.22. The standard InChI is InChI=1S/C16H12Cl2FN5O/c17-12-5-8(19)1-4-11(12)13-14(18)22-16-20-7-21-23(16)15(13)24-9-2-3-10(6-9)25-24/h1,4-5,7,9-10H,2-3,6H2. The maximum absolute atomic E-state index is 13.5. The minimum atomic E-state index is -0.419. The molecule has 1 aliphatic carbocycles. The zero-order chi connectivity index (χ0) is 17.1. The number of hydrogen-bond donors (Lipinski definition) is 0. The number of hydroxylamine groups is 1. The summed E-state index contributed by atoms with van der Waals surface area (Å²) in [6, 6.07) is 4.40. The zero-order valence-corrected chi connectivity index (χ0v) is 14.4. The van der Waals surface area contributed by atoms with Crippen molar-refractivity contribution in [2.75, 3.05) is 5.06 Å². The molecule has 9 heteroatoms. The summed E-state index contributed by atoms with van der Waals surface area (Å²) in [5.74, 6) is 0.569. The van der Waals surface area contributed by atoms with Crippen LogP contribution in [-0.2, 0) is 4.84 Å². The number of rotatable bonds is 2. The molecule has 5 rings (SSSR count). The highest BCUT2D eigenvalue weighted by Gasteiger charge is 2.42. The van der Waals surface area contributed by atoms with Crippen LogP contribution in [0.5, 0.6) is 0 Å². The summed E-state index contributed by atoms with van der Waals surface area (Å²) < 4.78 is 15.1. The fraction of sp³-hybridized carbons (Fsp3) is 0.312. The molecule has 0 spiro atoms. The summed E-state index contributed by atoms with van der Waals surface area (Å²) in [6.07, 6.45) is 4.61. The summed E-state index contributed by atoms with van der Waals surface area (Å²) in [6.45, 7) is 0. The van der Waals surface area contributed by atoms with Gasteiger partial charge >= 0.3 is 0 Å². The minimum absolute atomic E-state index is 0.187. The molecule has 2 fully saturated rings. The van der Waals surface area contributed by atoms with Gasteiger partial charge in [0, 0.05) is 5.56 Å². The van der Waals surface area contributed by atoms with E-state index in [1.807, 2.05) is 5.06 Å². The molecule has 2 unspecified atom stereocenters. The fourth-order valence-corrected chi connectivity index (χ4v) is 4.15. The molecule has 1 saturated carbocycles. The number of benzene rings is 1. The third kappa shape index (κ3) is 2.30. The summed E-state index contributed by atoms with van der Waals surface area (Å²) in [5.41, 5.74) is 1.12. The van der Waals surface area contributed by atoms with Gasteiger partial charge in [0.1, 0.15) is 17.3 Å². The number of fused-ring (bicyclic) bond motifs is 3. The van der Waals surface area contributed by atoms with Gasteiger partial charge in [-0.15, -0.1) is 0 Å². The van der Waals surface area contributed by atoms with Gasteiger partial charge in [0.2, 0.25) is 0 Å². The molecule has 0 N–H and O–H groups in total. The number of aromatic nitrogens is 4. The molecule has 3 aromatic rings. The SMILES string of the molecule is Fc1ccc(-c2c(Cl)nc3ncnn3c2N2OC3CCC2C3)c(Cl)c1. The molecular weight excluding hydrogens is 368 g/mol. The van der Waals surface area contributed by atoms with E-state index in [1.165, 1.54) is 18.5 Å². The van der Waals surface area contributed by atoms with Gasteiger partial charge in [0.05, 0.1) is 22.7 Å². The number of halogens is 3. The van der Waals surface area contributed by atoms with Crippen LogP contribution in [0, 0.1) is 5.82 Å². The molecule has 25 heavy (non-hydrogen) atoms. The first kappa shape index (κ1) is 15.3. The van der Waals surface area contributed by atoms with Gasteiger partial charge in [-0.25, -0.2) is 9.45 Å². The highest BCUT2D eigenvalue weighted by atomic mass is 35.5. The fourth-order valence-electron chi connectivity index (χ4n) is 3.63. The number of hydrogen-bond acceptors (Lipinski definition) is 5. The lowest BCUT2D eigenvalue weighted by Gasteiger charge is -2.29. The number of anilines is 1. The van der Waals surface area contributed by atoms with Gasteiger partial charge in [0.15, 0.2) is 5.82 Å². The van der Waals surface area contributed by atoms with E-state index in [9.17, 15) is 4.39 Å². The molecule has 0 radical (unpaired) electrons. The van der Waals surface area contributed by atoms with Gasteiger partial charge in [-0.3, -0.25) is 4.84 Å². The first-order valence-corrected chi connectivity index (χ1v) is 8.68. The van der Waals surface area contributed by atoms with Crippen LogP contribution in [-0.4, -0.2) is 31.7 Å². The van der Waals surface area contributed by atoms with Gasteiger partial charge in [0.25, 0.3) is 5.78 Å². The Morgan fingerprint density at radius 2 is 2.12 bits per heavy atom. The highest BCUT2D eigenvalue weighted by molar-refractivity contribution is 6.36. The molecule has 2 aliphatic rings. The average molecular weight is 380 g/mol. The average Bonchev–Trinajstić information content (AvgIpc) is 3.30. The Bertz CT molecular complexity index is 994. The molecule has 1 aliphatic heterocycles. The van der Waals surface area contributed by atoms with Crippen molar-refractivity contribution in [3.63, 3.8) is 0 Å². The van der Waals surface area contributed by atoms with E-state index in [0.29, 0.717) is 22.7 Å². The van der Waals surface area contributed by atoms with Gasteiger partial charge in [-0.2, -0.15) is 19.6 Å². The Kier molecular flexibility index (Phi) is 3.38. The molecule has 0 amide bonds. The Labute approximate surface area is 152 Å². The van der Waals surface area contributed by atoms with Crippen LogP contribution >= 0.6 is 23.2 Å². The Morgan fingerprint density at radius 1 is 1.24 bits per heavy atom. The molecule has 1 saturated heterocycles. The maximum atomic E-state index is 13.5. The van der Waals surface area contributed by atoms with E-state index in [0.717, 1.165) is 19.3 Å². The minimum Gasteiger partial charge on any atom is -0.268 e. The molecule has 3 heterocycles. The van der Waals surface area contributed by atoms with E-state index in [-0.39, 0.29) is 22.3 Å². The van der Waals surface area contributed by atoms with Crippen LogP contribution in [0.25, 0.3) is 16.9 Å². The predicted octanol–water partition coefficient (Wildman–Crippen LogP) is 3.91. The van der Waals surface area contributed by atoms with Crippen LogP contribution in [0.3, 0.4) is 0 Å². The summed E-state index contributed by atoms with van der Waals surface area (Å²) in [5, 5.41) is 6.56. The molecule has 6 nitrogen and oxygen atoms in total. The van der Waals surface area contributed by atoms with E-state index in [2.05, 4.69) is 15.1 Å². The largest absolute Gasteiger partial charge is 0.268 e. The van der Waals surface area contributed by atoms with Crippen LogP contribution in [0.15, 0.2) is 24.5 Å². The van der Waals surface area contributed by atoms with E-state index < -0.39 is 5.82 Å². The van der Waals surface area contributed by atoms with Crippen LogP contribution in [0.2, 0.25) is 10.2 Å². The smallest absolute Gasteiger partial charge is 0.255 e. The normalized spacial score (nSPS) is 22.3. The molecule has 2 aromatic heterocycles. The first-order chi connectivity index (χ1) is 12.1. The van der Waals surface area contributed by atoms with Crippen LogP contribution in [0.1, 0.15) is 19.3 Å². The Morgan fingerprint density at radius 3 is 2.84 bits per heavy atom. The lowest BCUT2D eigenvalue weighted by atomic mass is 10.1. The lowest BCUT2D eigenvalue weighted by molar-refractivity contribution is 0.0565. The highest BCUT2D eigenvalue weighted by Crippen LogP contribution is 2.45. The van der Waals surface area contributed by atoms with Crippen LogP contribution < -0.4 is 5.06 Å². The summed E-state index contributed by atoms with van der Waals surface area (Å²) in [7, 11) is 0. The van der Waals surface area contributed by atoms with Crippen molar-refractivity contribution in [1.82, 2.24) is 19.6 Å². The monoisotopic (exact) mass is 379 g/mol. The molecular formula is C16H12Cl2FN5O. The maximum Gasteiger partial charge on any atom is 0.255 e. The molecule has 128 valence electrons. The van der Waals surface area contributed by atoms with Crippen LogP contribution in [0.4, 0.5) is 10.2 Å². The Hall–Kier alpha value is -1.96. The summed E-state index contributed by atoms with van der Waals surface area (Å²) in [4.78, 5) is 14.5. The third-order valence-corrected chi connectivity index (χ3v) is 5.30. The van der Waals surface area contributed by atoms with Crippen molar-refractivity contribution in [2.24, 2.45) is 0 Å². The van der Waals surface area contributed by atoms with Crippen molar-refractivity contribution in [2.45, 2.75) is 31.4 Å². The molecule has 1 aromatic carbocycles. The molecule has 2 bridgehead atoms. The van der Waals surface area contributed by atoms with Crippen molar-refractivity contribution in [3.8, 4) is 11.1 Å². The second kappa shape index (κ2) is 5.52. The second-order valence-corrected chi connectivity index (χ2v) is 6.98. The zero-order valence-electron chi connectivity index (χ0n) is 12.9.